The summed E-state index contributed by atoms with van der Waals surface area (Å²) in [5.41, 5.74) is 1.22. The molecule has 0 saturated carbocycles. The molecule has 0 atom stereocenters. The van der Waals surface area contributed by atoms with Crippen LogP contribution >= 0.6 is 24.0 Å². The molecule has 9 heavy (non-hydrogen) atoms. The Morgan fingerprint density at radius 2 is 1.89 bits per heavy atom. The van der Waals surface area contributed by atoms with Crippen molar-refractivity contribution in [3.8, 4) is 0 Å². The molecule has 0 bridgehead atoms. The summed E-state index contributed by atoms with van der Waals surface area (Å²) < 4.78 is 0. The van der Waals surface area contributed by atoms with Crippen molar-refractivity contribution in [1.29, 1.82) is 0 Å². The van der Waals surface area contributed by atoms with Crippen LogP contribution < -0.4 is 0 Å². The third-order valence-corrected chi connectivity index (χ3v) is 0.753. The predicted molar refractivity (Wildman–Crippen MR) is 52.3 cm³/mol. The Morgan fingerprint density at radius 3 is 2.00 bits per heavy atom. The standard InChI is InChI=1S/C5H7N.C2H6.HI/c1-5-3-2-4-6-5;1-2;/h2-4,6H,1H3;1-2H3;1H. The van der Waals surface area contributed by atoms with E-state index in [0.29, 0.717) is 0 Å². The topological polar surface area (TPSA) is 15.8 Å². The van der Waals surface area contributed by atoms with Gasteiger partial charge in [0.05, 0.1) is 0 Å². The van der Waals surface area contributed by atoms with Crippen molar-refractivity contribution in [3.63, 3.8) is 0 Å². The first kappa shape index (κ1) is 11.8. The van der Waals surface area contributed by atoms with E-state index in [1.165, 1.54) is 5.69 Å². The summed E-state index contributed by atoms with van der Waals surface area (Å²) in [5, 5.41) is 0. The Hall–Kier alpha value is 0.0100. The minimum atomic E-state index is 0. The van der Waals surface area contributed by atoms with E-state index in [2.05, 4.69) is 4.98 Å². The maximum Gasteiger partial charge on any atom is 0.0115 e. The van der Waals surface area contributed by atoms with Crippen LogP contribution in [-0.4, -0.2) is 4.98 Å². The van der Waals surface area contributed by atoms with Gasteiger partial charge in [0.25, 0.3) is 0 Å². The van der Waals surface area contributed by atoms with Crippen LogP contribution in [0.4, 0.5) is 0 Å². The van der Waals surface area contributed by atoms with E-state index in [1.807, 2.05) is 39.1 Å². The number of nitrogens with one attached hydrogen (secondary N) is 1. The Balaban J connectivity index is 0. The monoisotopic (exact) mass is 239 g/mol. The minimum absolute atomic E-state index is 0. The first-order valence-electron chi connectivity index (χ1n) is 2.99. The van der Waals surface area contributed by atoms with Crippen LogP contribution in [0.2, 0.25) is 0 Å². The summed E-state index contributed by atoms with van der Waals surface area (Å²) in [6, 6.07) is 4.01. The Morgan fingerprint density at radius 1 is 1.33 bits per heavy atom. The molecule has 0 saturated heterocycles. The summed E-state index contributed by atoms with van der Waals surface area (Å²) in [6.07, 6.45) is 1.91. The molecule has 0 aliphatic rings. The number of aromatic amines is 1. The molecule has 0 radical (unpaired) electrons. The first-order valence-corrected chi connectivity index (χ1v) is 2.99. The highest BCUT2D eigenvalue weighted by molar-refractivity contribution is 14.0. The van der Waals surface area contributed by atoms with Crippen molar-refractivity contribution in [3.05, 3.63) is 24.0 Å². The quantitative estimate of drug-likeness (QED) is 0.670. The molecule has 0 amide bonds. The average Bonchev–Trinajstić information content (AvgIpc) is 2.24. The van der Waals surface area contributed by atoms with Crippen molar-refractivity contribution in [2.45, 2.75) is 20.8 Å². The van der Waals surface area contributed by atoms with Crippen molar-refractivity contribution in [2.24, 2.45) is 0 Å². The van der Waals surface area contributed by atoms with Gasteiger partial charge in [0.2, 0.25) is 0 Å². The number of aryl methyl sites for hydroxylation is 1. The van der Waals surface area contributed by atoms with Gasteiger partial charge in [0.15, 0.2) is 0 Å². The summed E-state index contributed by atoms with van der Waals surface area (Å²) in [6.45, 7) is 6.03. The smallest absolute Gasteiger partial charge is 0.0115 e. The maximum atomic E-state index is 3.00. The number of halogens is 1. The normalized spacial score (nSPS) is 6.56. The van der Waals surface area contributed by atoms with Gasteiger partial charge in [-0.25, -0.2) is 0 Å². The molecule has 1 rings (SSSR count). The third kappa shape index (κ3) is 5.89. The first-order chi connectivity index (χ1) is 3.89. The molecule has 1 N–H and O–H groups in total. The second kappa shape index (κ2) is 8.01. The van der Waals surface area contributed by atoms with Crippen LogP contribution in [0, 0.1) is 6.92 Å². The highest BCUT2D eigenvalue weighted by Crippen LogP contribution is 1.86. The second-order valence-corrected chi connectivity index (χ2v) is 1.35. The van der Waals surface area contributed by atoms with E-state index in [-0.39, 0.29) is 24.0 Å². The molecule has 0 spiro atoms. The zero-order chi connectivity index (χ0) is 6.41. The van der Waals surface area contributed by atoms with Gasteiger partial charge in [-0.15, -0.1) is 24.0 Å². The van der Waals surface area contributed by atoms with Gasteiger partial charge in [-0.05, 0) is 19.1 Å². The van der Waals surface area contributed by atoms with E-state index in [0.717, 1.165) is 0 Å². The van der Waals surface area contributed by atoms with E-state index in [4.69, 9.17) is 0 Å². The number of hydrogen-bond acceptors (Lipinski definition) is 0. The van der Waals surface area contributed by atoms with E-state index in [1.54, 1.807) is 0 Å². The molecule has 0 aliphatic heterocycles. The lowest BCUT2D eigenvalue weighted by molar-refractivity contribution is 1.27. The van der Waals surface area contributed by atoms with Gasteiger partial charge in [-0.2, -0.15) is 0 Å². The third-order valence-electron chi connectivity index (χ3n) is 0.753. The molecule has 1 aromatic rings. The van der Waals surface area contributed by atoms with Crippen LogP contribution in [0.1, 0.15) is 19.5 Å². The highest BCUT2D eigenvalue weighted by atomic mass is 127. The summed E-state index contributed by atoms with van der Waals surface area (Å²) in [5.74, 6) is 0. The largest absolute Gasteiger partial charge is 0.365 e. The van der Waals surface area contributed by atoms with Crippen LogP contribution in [-0.2, 0) is 0 Å². The van der Waals surface area contributed by atoms with Crippen LogP contribution in [0.3, 0.4) is 0 Å². The van der Waals surface area contributed by atoms with Crippen molar-refractivity contribution < 1.29 is 0 Å². The molecule has 0 aliphatic carbocycles. The molecule has 0 aromatic carbocycles. The fraction of sp³-hybridized carbons (Fsp3) is 0.429. The molecule has 1 nitrogen and oxygen atoms in total. The van der Waals surface area contributed by atoms with Gasteiger partial charge in [-0.1, -0.05) is 13.8 Å². The highest BCUT2D eigenvalue weighted by Gasteiger charge is 1.72. The Kier molecular flexibility index (Phi) is 10.5. The molecule has 54 valence electrons. The summed E-state index contributed by atoms with van der Waals surface area (Å²) in [4.78, 5) is 3.00. The molecular weight excluding hydrogens is 225 g/mol. The molecule has 1 heterocycles. The zero-order valence-electron chi connectivity index (χ0n) is 6.14. The average molecular weight is 239 g/mol. The van der Waals surface area contributed by atoms with Gasteiger partial charge < -0.3 is 4.98 Å². The number of H-pyrrole nitrogens is 1. The molecule has 2 heteroatoms. The Labute approximate surface area is 73.9 Å². The van der Waals surface area contributed by atoms with Gasteiger partial charge in [0, 0.05) is 11.9 Å². The lowest BCUT2D eigenvalue weighted by Gasteiger charge is -1.70. The van der Waals surface area contributed by atoms with E-state index in [9.17, 15) is 0 Å². The zero-order valence-corrected chi connectivity index (χ0v) is 8.47. The van der Waals surface area contributed by atoms with E-state index < -0.39 is 0 Å². The fourth-order valence-corrected chi connectivity index (χ4v) is 0.420. The lowest BCUT2D eigenvalue weighted by atomic mass is 10.5. The van der Waals surface area contributed by atoms with Gasteiger partial charge in [0.1, 0.15) is 0 Å². The van der Waals surface area contributed by atoms with Crippen LogP contribution in [0.15, 0.2) is 18.3 Å². The van der Waals surface area contributed by atoms with Gasteiger partial charge in [-0.3, -0.25) is 0 Å². The maximum absolute atomic E-state index is 3.00. The number of rotatable bonds is 0. The van der Waals surface area contributed by atoms with Crippen molar-refractivity contribution in [2.75, 3.05) is 0 Å². The summed E-state index contributed by atoms with van der Waals surface area (Å²) >= 11 is 0. The Bertz CT molecular complexity index is 112. The van der Waals surface area contributed by atoms with Crippen molar-refractivity contribution in [1.82, 2.24) is 4.98 Å². The molecule has 0 unspecified atom stereocenters. The second-order valence-electron chi connectivity index (χ2n) is 1.35. The fourth-order valence-electron chi connectivity index (χ4n) is 0.420. The van der Waals surface area contributed by atoms with Gasteiger partial charge >= 0.3 is 0 Å². The summed E-state index contributed by atoms with van der Waals surface area (Å²) in [7, 11) is 0. The van der Waals surface area contributed by atoms with E-state index >= 15 is 0 Å². The number of aromatic nitrogens is 1. The van der Waals surface area contributed by atoms with Crippen LogP contribution in [0.5, 0.6) is 0 Å². The number of hydrogen-bond donors (Lipinski definition) is 1. The molecule has 0 fully saturated rings. The minimum Gasteiger partial charge on any atom is -0.365 e. The lowest BCUT2D eigenvalue weighted by Crippen LogP contribution is -1.59. The van der Waals surface area contributed by atoms with Crippen LogP contribution in [0.25, 0.3) is 0 Å². The predicted octanol–water partition coefficient (Wildman–Crippen LogP) is 2.97. The molecular formula is C7H14IN. The van der Waals surface area contributed by atoms with Crippen molar-refractivity contribution >= 4 is 24.0 Å². The SMILES string of the molecule is CC.Cc1ccc[nH]1.I. The molecule has 1 aromatic heterocycles.